The summed E-state index contributed by atoms with van der Waals surface area (Å²) >= 11 is 0. The van der Waals surface area contributed by atoms with Crippen molar-refractivity contribution in [3.05, 3.63) is 17.0 Å². The number of carbonyl (C=O) groups is 1. The van der Waals surface area contributed by atoms with E-state index in [2.05, 4.69) is 10.5 Å². The van der Waals surface area contributed by atoms with E-state index in [9.17, 15) is 4.79 Å². The first-order chi connectivity index (χ1) is 10.1. The Kier molecular flexibility index (Phi) is 5.79. The molecule has 0 aromatic carbocycles. The third-order valence-corrected chi connectivity index (χ3v) is 4.54. The molecule has 1 aliphatic heterocycles. The van der Waals surface area contributed by atoms with E-state index in [0.29, 0.717) is 6.42 Å². The number of likely N-dealkylation sites (tertiary alicyclic amines) is 1. The Hall–Kier alpha value is -1.36. The number of nitrogens with one attached hydrogen (secondary N) is 1. The van der Waals surface area contributed by atoms with E-state index in [1.807, 2.05) is 25.8 Å². The zero-order valence-corrected chi connectivity index (χ0v) is 13.4. The van der Waals surface area contributed by atoms with Crippen LogP contribution in [0.5, 0.6) is 0 Å². The minimum Gasteiger partial charge on any atom is -0.361 e. The molecule has 5 nitrogen and oxygen atoms in total. The monoisotopic (exact) mass is 293 g/mol. The second-order valence-electron chi connectivity index (χ2n) is 6.02. The summed E-state index contributed by atoms with van der Waals surface area (Å²) in [5.41, 5.74) is 2.00. The first kappa shape index (κ1) is 16.0. The number of nitrogens with zero attached hydrogens (tertiary/aromatic N) is 2. The number of hydrogen-bond acceptors (Lipinski definition) is 4. The van der Waals surface area contributed by atoms with Crippen LogP contribution >= 0.6 is 0 Å². The molecule has 0 atom stereocenters. The van der Waals surface area contributed by atoms with E-state index < -0.39 is 0 Å². The standard InChI is InChI=1S/C16H27N3O2/c1-12-15(13(2)21-18-12)4-5-16(20)19-10-7-14(8-11-19)6-9-17-3/h14,17H,4-11H2,1-3H3. The third kappa shape index (κ3) is 4.30. The van der Waals surface area contributed by atoms with Crippen molar-refractivity contribution in [3.8, 4) is 0 Å². The highest BCUT2D eigenvalue weighted by atomic mass is 16.5. The lowest BCUT2D eigenvalue weighted by Crippen LogP contribution is -2.39. The van der Waals surface area contributed by atoms with Crippen LogP contribution in [0, 0.1) is 19.8 Å². The summed E-state index contributed by atoms with van der Waals surface area (Å²) < 4.78 is 5.14. The van der Waals surface area contributed by atoms with Gasteiger partial charge in [0.05, 0.1) is 5.69 Å². The van der Waals surface area contributed by atoms with Crippen molar-refractivity contribution in [1.82, 2.24) is 15.4 Å². The number of aromatic nitrogens is 1. The molecule has 2 rings (SSSR count). The van der Waals surface area contributed by atoms with Gasteiger partial charge in [0.25, 0.3) is 0 Å². The molecule has 0 spiro atoms. The van der Waals surface area contributed by atoms with E-state index >= 15 is 0 Å². The van der Waals surface area contributed by atoms with Gasteiger partial charge in [-0.15, -0.1) is 0 Å². The Labute approximate surface area is 127 Å². The normalized spacial score (nSPS) is 16.4. The SMILES string of the molecule is CNCCC1CCN(C(=O)CCc2c(C)noc2C)CC1. The Bertz CT molecular complexity index is 443. The molecule has 0 saturated carbocycles. The maximum Gasteiger partial charge on any atom is 0.222 e. The molecule has 2 heterocycles. The summed E-state index contributed by atoms with van der Waals surface area (Å²) in [5, 5.41) is 7.14. The average molecular weight is 293 g/mol. The van der Waals surface area contributed by atoms with Gasteiger partial charge in [-0.2, -0.15) is 0 Å². The number of aryl methyl sites for hydroxylation is 2. The predicted octanol–water partition coefficient (Wildman–Crippen LogP) is 2.07. The van der Waals surface area contributed by atoms with Crippen LogP contribution in [0.15, 0.2) is 4.52 Å². The lowest BCUT2D eigenvalue weighted by atomic mass is 9.93. The highest BCUT2D eigenvalue weighted by Gasteiger charge is 2.22. The summed E-state index contributed by atoms with van der Waals surface area (Å²) in [7, 11) is 1.99. The molecule has 0 bridgehead atoms. The molecule has 1 aliphatic rings. The first-order valence-electron chi connectivity index (χ1n) is 7.96. The number of amides is 1. The number of hydrogen-bond donors (Lipinski definition) is 1. The van der Waals surface area contributed by atoms with E-state index in [1.165, 1.54) is 6.42 Å². The lowest BCUT2D eigenvalue weighted by Gasteiger charge is -2.32. The van der Waals surface area contributed by atoms with Crippen LogP contribution in [-0.4, -0.2) is 42.6 Å². The van der Waals surface area contributed by atoms with Gasteiger partial charge in [0, 0.05) is 25.1 Å². The quantitative estimate of drug-likeness (QED) is 0.872. The molecule has 0 radical (unpaired) electrons. The van der Waals surface area contributed by atoms with E-state index in [4.69, 9.17) is 4.52 Å². The van der Waals surface area contributed by atoms with Crippen molar-refractivity contribution in [2.75, 3.05) is 26.7 Å². The molecule has 21 heavy (non-hydrogen) atoms. The fourth-order valence-corrected chi connectivity index (χ4v) is 3.07. The van der Waals surface area contributed by atoms with Gasteiger partial charge in [0.2, 0.25) is 5.91 Å². The van der Waals surface area contributed by atoms with Gasteiger partial charge >= 0.3 is 0 Å². The van der Waals surface area contributed by atoms with Gasteiger partial charge in [-0.05, 0) is 59.0 Å². The molecule has 0 aliphatic carbocycles. The van der Waals surface area contributed by atoms with E-state index in [0.717, 1.165) is 61.8 Å². The van der Waals surface area contributed by atoms with Crippen LogP contribution < -0.4 is 5.32 Å². The summed E-state index contributed by atoms with van der Waals surface area (Å²) in [5.74, 6) is 1.87. The van der Waals surface area contributed by atoms with Crippen LogP contribution in [-0.2, 0) is 11.2 Å². The largest absolute Gasteiger partial charge is 0.361 e. The van der Waals surface area contributed by atoms with Crippen molar-refractivity contribution in [2.24, 2.45) is 5.92 Å². The molecular formula is C16H27N3O2. The Morgan fingerprint density at radius 3 is 2.67 bits per heavy atom. The Balaban J connectivity index is 1.75. The molecular weight excluding hydrogens is 266 g/mol. The zero-order chi connectivity index (χ0) is 15.2. The van der Waals surface area contributed by atoms with Crippen LogP contribution in [0.4, 0.5) is 0 Å². The zero-order valence-electron chi connectivity index (χ0n) is 13.4. The first-order valence-corrected chi connectivity index (χ1v) is 7.96. The fraction of sp³-hybridized carbons (Fsp3) is 0.750. The Morgan fingerprint density at radius 1 is 1.38 bits per heavy atom. The van der Waals surface area contributed by atoms with Crippen molar-refractivity contribution in [1.29, 1.82) is 0 Å². The topological polar surface area (TPSA) is 58.4 Å². The summed E-state index contributed by atoms with van der Waals surface area (Å²) in [6.45, 7) is 6.74. The molecule has 1 amide bonds. The highest BCUT2D eigenvalue weighted by Crippen LogP contribution is 2.21. The van der Waals surface area contributed by atoms with Gasteiger partial charge in [-0.25, -0.2) is 0 Å². The fourth-order valence-electron chi connectivity index (χ4n) is 3.07. The molecule has 1 aromatic rings. The van der Waals surface area contributed by atoms with Crippen LogP contribution in [0.25, 0.3) is 0 Å². The summed E-state index contributed by atoms with van der Waals surface area (Å²) in [4.78, 5) is 14.3. The van der Waals surface area contributed by atoms with Crippen molar-refractivity contribution in [3.63, 3.8) is 0 Å². The predicted molar refractivity (Wildman–Crippen MR) is 82.1 cm³/mol. The number of rotatable bonds is 6. The number of piperidine rings is 1. The van der Waals surface area contributed by atoms with Crippen LogP contribution in [0.3, 0.4) is 0 Å². The van der Waals surface area contributed by atoms with Gasteiger partial charge in [0.15, 0.2) is 0 Å². The second-order valence-corrected chi connectivity index (χ2v) is 6.02. The lowest BCUT2D eigenvalue weighted by molar-refractivity contribution is -0.132. The Morgan fingerprint density at radius 2 is 2.10 bits per heavy atom. The molecule has 118 valence electrons. The van der Waals surface area contributed by atoms with Crippen molar-refractivity contribution in [2.45, 2.75) is 46.0 Å². The molecule has 1 aromatic heterocycles. The maximum absolute atomic E-state index is 12.3. The maximum atomic E-state index is 12.3. The van der Waals surface area contributed by atoms with Gasteiger partial charge in [0.1, 0.15) is 5.76 Å². The van der Waals surface area contributed by atoms with Crippen LogP contribution in [0.2, 0.25) is 0 Å². The molecule has 5 heteroatoms. The summed E-state index contributed by atoms with van der Waals surface area (Å²) in [6, 6.07) is 0. The molecule has 0 unspecified atom stereocenters. The minimum absolute atomic E-state index is 0.266. The van der Waals surface area contributed by atoms with E-state index in [-0.39, 0.29) is 5.91 Å². The van der Waals surface area contributed by atoms with Gasteiger partial charge in [-0.3, -0.25) is 4.79 Å². The highest BCUT2D eigenvalue weighted by molar-refractivity contribution is 5.76. The smallest absolute Gasteiger partial charge is 0.222 e. The second kappa shape index (κ2) is 7.59. The average Bonchev–Trinajstić information content (AvgIpc) is 2.82. The minimum atomic E-state index is 0.266. The molecule has 1 fully saturated rings. The van der Waals surface area contributed by atoms with Crippen molar-refractivity contribution < 1.29 is 9.32 Å². The number of carbonyl (C=O) groups excluding carboxylic acids is 1. The van der Waals surface area contributed by atoms with Gasteiger partial charge < -0.3 is 14.7 Å². The van der Waals surface area contributed by atoms with Crippen LogP contribution in [0.1, 0.15) is 42.7 Å². The third-order valence-electron chi connectivity index (χ3n) is 4.54. The molecule has 1 N–H and O–H groups in total. The van der Waals surface area contributed by atoms with Crippen molar-refractivity contribution >= 4 is 5.91 Å². The van der Waals surface area contributed by atoms with E-state index in [1.54, 1.807) is 0 Å². The summed E-state index contributed by atoms with van der Waals surface area (Å²) in [6.07, 6.45) is 4.79. The van der Waals surface area contributed by atoms with Gasteiger partial charge in [-0.1, -0.05) is 5.16 Å². The molecule has 1 saturated heterocycles.